The molecule has 7 heteroatoms. The molecule has 1 aliphatic rings. The molecule has 1 fully saturated rings. The van der Waals surface area contributed by atoms with Crippen LogP contribution < -0.4 is 5.32 Å². The van der Waals surface area contributed by atoms with Crippen LogP contribution >= 0.6 is 35.6 Å². The quantitative estimate of drug-likeness (QED) is 0.887. The van der Waals surface area contributed by atoms with Crippen LogP contribution in [0.4, 0.5) is 8.78 Å². The van der Waals surface area contributed by atoms with Gasteiger partial charge in [-0.25, -0.2) is 8.78 Å². The number of alkyl halides is 2. The molecule has 1 aromatic carbocycles. The molecule has 0 amide bonds. The second kappa shape index (κ2) is 8.35. The molecular weight excluding hydrogens is 329 g/mol. The number of rotatable bonds is 4. The summed E-state index contributed by atoms with van der Waals surface area (Å²) < 4.78 is 25.7. The average Bonchev–Trinajstić information content (AvgIpc) is 2.40. The van der Waals surface area contributed by atoms with E-state index in [1.807, 2.05) is 4.90 Å². The fourth-order valence-corrected chi connectivity index (χ4v) is 2.85. The van der Waals surface area contributed by atoms with Gasteiger partial charge in [-0.2, -0.15) is 0 Å². The van der Waals surface area contributed by atoms with Gasteiger partial charge in [0, 0.05) is 38.6 Å². The molecule has 0 aliphatic carbocycles. The maximum atomic E-state index is 12.8. The Morgan fingerprint density at radius 1 is 1.20 bits per heavy atom. The molecule has 2 nitrogen and oxygen atoms in total. The number of piperazine rings is 1. The van der Waals surface area contributed by atoms with E-state index in [1.54, 1.807) is 18.2 Å². The molecule has 1 saturated heterocycles. The predicted molar refractivity (Wildman–Crippen MR) is 81.5 cm³/mol. The summed E-state index contributed by atoms with van der Waals surface area (Å²) in [5, 5.41) is 4.01. The van der Waals surface area contributed by atoms with E-state index < -0.39 is 6.43 Å². The third-order valence-corrected chi connectivity index (χ3v) is 4.17. The Kier molecular flexibility index (Phi) is 7.48. The SMILES string of the molecule is Cl.FC(F)C[C@H](c1cccc(Cl)c1Cl)N1CCNCC1. The maximum Gasteiger partial charge on any atom is 0.240 e. The third kappa shape index (κ3) is 4.43. The second-order valence-corrected chi connectivity index (χ2v) is 5.36. The summed E-state index contributed by atoms with van der Waals surface area (Å²) in [6.45, 7) is 3.08. The van der Waals surface area contributed by atoms with Crippen LogP contribution in [0.1, 0.15) is 18.0 Å². The molecular formula is C13H17Cl3F2N2. The number of hydrogen-bond donors (Lipinski definition) is 1. The molecule has 0 saturated carbocycles. The van der Waals surface area contributed by atoms with Crippen LogP contribution in [0.3, 0.4) is 0 Å². The van der Waals surface area contributed by atoms with Gasteiger partial charge in [0.15, 0.2) is 0 Å². The van der Waals surface area contributed by atoms with Crippen molar-refractivity contribution < 1.29 is 8.78 Å². The summed E-state index contributed by atoms with van der Waals surface area (Å²) in [5.41, 5.74) is 0.691. The smallest absolute Gasteiger partial charge is 0.240 e. The molecule has 1 aliphatic heterocycles. The van der Waals surface area contributed by atoms with Crippen molar-refractivity contribution in [2.24, 2.45) is 0 Å². The molecule has 1 heterocycles. The highest BCUT2D eigenvalue weighted by molar-refractivity contribution is 6.42. The first-order valence-electron chi connectivity index (χ1n) is 6.26. The van der Waals surface area contributed by atoms with Crippen molar-refractivity contribution in [3.05, 3.63) is 33.8 Å². The molecule has 0 bridgehead atoms. The second-order valence-electron chi connectivity index (χ2n) is 4.57. The predicted octanol–water partition coefficient (Wildman–Crippen LogP) is 4.02. The van der Waals surface area contributed by atoms with Crippen LogP contribution in [0.25, 0.3) is 0 Å². The van der Waals surface area contributed by atoms with Crippen LogP contribution in [-0.4, -0.2) is 37.5 Å². The Labute approximate surface area is 133 Å². The fraction of sp³-hybridized carbons (Fsp3) is 0.538. The monoisotopic (exact) mass is 344 g/mol. The summed E-state index contributed by atoms with van der Waals surface area (Å²) in [5.74, 6) is 0. The van der Waals surface area contributed by atoms with E-state index in [1.165, 1.54) is 0 Å². The first-order valence-corrected chi connectivity index (χ1v) is 7.02. The zero-order valence-corrected chi connectivity index (χ0v) is 13.1. The van der Waals surface area contributed by atoms with Crippen LogP contribution in [0.2, 0.25) is 10.0 Å². The number of nitrogens with zero attached hydrogens (tertiary/aromatic N) is 1. The van der Waals surface area contributed by atoms with E-state index in [4.69, 9.17) is 23.2 Å². The van der Waals surface area contributed by atoms with Gasteiger partial charge in [0.2, 0.25) is 6.43 Å². The van der Waals surface area contributed by atoms with Gasteiger partial charge >= 0.3 is 0 Å². The first kappa shape index (κ1) is 17.9. The highest BCUT2D eigenvalue weighted by Crippen LogP contribution is 2.35. The minimum absolute atomic E-state index is 0. The summed E-state index contributed by atoms with van der Waals surface area (Å²) in [7, 11) is 0. The lowest BCUT2D eigenvalue weighted by Crippen LogP contribution is -2.45. The Morgan fingerprint density at radius 3 is 2.45 bits per heavy atom. The lowest BCUT2D eigenvalue weighted by atomic mass is 10.0. The van der Waals surface area contributed by atoms with Crippen molar-refractivity contribution in [1.29, 1.82) is 0 Å². The van der Waals surface area contributed by atoms with Gasteiger partial charge in [-0.05, 0) is 11.6 Å². The number of halogens is 5. The van der Waals surface area contributed by atoms with E-state index in [0.29, 0.717) is 15.6 Å². The first-order chi connectivity index (χ1) is 9.09. The zero-order valence-electron chi connectivity index (χ0n) is 10.8. The lowest BCUT2D eigenvalue weighted by molar-refractivity contribution is 0.0739. The average molecular weight is 346 g/mol. The summed E-state index contributed by atoms with van der Waals surface area (Å²) >= 11 is 12.2. The molecule has 0 radical (unpaired) electrons. The Morgan fingerprint density at radius 2 is 1.85 bits per heavy atom. The van der Waals surface area contributed by atoms with E-state index in [0.717, 1.165) is 26.2 Å². The maximum absolute atomic E-state index is 12.8. The van der Waals surface area contributed by atoms with Crippen molar-refractivity contribution >= 4 is 35.6 Å². The Balaban J connectivity index is 0.00000200. The largest absolute Gasteiger partial charge is 0.314 e. The van der Waals surface area contributed by atoms with E-state index in [9.17, 15) is 8.78 Å². The van der Waals surface area contributed by atoms with Crippen LogP contribution in [0, 0.1) is 0 Å². The van der Waals surface area contributed by atoms with Gasteiger partial charge in [-0.1, -0.05) is 35.3 Å². The molecule has 1 aromatic rings. The van der Waals surface area contributed by atoms with Crippen molar-refractivity contribution in [3.63, 3.8) is 0 Å². The Hall–Kier alpha value is -0.130. The summed E-state index contributed by atoms with van der Waals surface area (Å²) in [6.07, 6.45) is -2.59. The van der Waals surface area contributed by atoms with Crippen molar-refractivity contribution in [2.75, 3.05) is 26.2 Å². The van der Waals surface area contributed by atoms with Gasteiger partial charge in [0.25, 0.3) is 0 Å². The molecule has 1 N–H and O–H groups in total. The highest BCUT2D eigenvalue weighted by Gasteiger charge is 2.27. The van der Waals surface area contributed by atoms with Crippen LogP contribution in [0.15, 0.2) is 18.2 Å². The molecule has 20 heavy (non-hydrogen) atoms. The van der Waals surface area contributed by atoms with E-state index in [2.05, 4.69) is 5.32 Å². The summed E-state index contributed by atoms with van der Waals surface area (Å²) in [6, 6.07) is 4.83. The number of nitrogens with one attached hydrogen (secondary N) is 1. The van der Waals surface area contributed by atoms with E-state index in [-0.39, 0.29) is 24.9 Å². The van der Waals surface area contributed by atoms with Crippen molar-refractivity contribution in [2.45, 2.75) is 18.9 Å². The topological polar surface area (TPSA) is 15.3 Å². The minimum Gasteiger partial charge on any atom is -0.314 e. The third-order valence-electron chi connectivity index (χ3n) is 3.33. The fourth-order valence-electron chi connectivity index (χ4n) is 2.41. The van der Waals surface area contributed by atoms with Crippen molar-refractivity contribution in [3.8, 4) is 0 Å². The van der Waals surface area contributed by atoms with Crippen LogP contribution in [0.5, 0.6) is 0 Å². The van der Waals surface area contributed by atoms with Gasteiger partial charge in [-0.3, -0.25) is 4.90 Å². The number of hydrogen-bond acceptors (Lipinski definition) is 2. The zero-order chi connectivity index (χ0) is 13.8. The highest BCUT2D eigenvalue weighted by atomic mass is 35.5. The molecule has 0 spiro atoms. The number of benzene rings is 1. The van der Waals surface area contributed by atoms with Gasteiger partial charge in [0.05, 0.1) is 10.0 Å². The molecule has 2 rings (SSSR count). The molecule has 0 unspecified atom stereocenters. The summed E-state index contributed by atoms with van der Waals surface area (Å²) in [4.78, 5) is 2.04. The standard InChI is InChI=1S/C13H16Cl2F2N2.ClH/c14-10-3-1-2-9(13(10)15)11(8-12(16)17)19-6-4-18-5-7-19;/h1-3,11-12,18H,4-8H2;1H/t11-;/m1./s1. The van der Waals surface area contributed by atoms with Crippen molar-refractivity contribution in [1.82, 2.24) is 10.2 Å². The van der Waals surface area contributed by atoms with Gasteiger partial charge in [-0.15, -0.1) is 12.4 Å². The normalized spacial score (nSPS) is 17.9. The van der Waals surface area contributed by atoms with E-state index >= 15 is 0 Å². The Bertz CT molecular complexity index is 426. The molecule has 0 aromatic heterocycles. The van der Waals surface area contributed by atoms with Crippen LogP contribution in [-0.2, 0) is 0 Å². The van der Waals surface area contributed by atoms with Gasteiger partial charge in [0.1, 0.15) is 0 Å². The minimum atomic E-state index is -2.37. The lowest BCUT2D eigenvalue weighted by Gasteiger charge is -2.35. The van der Waals surface area contributed by atoms with Gasteiger partial charge < -0.3 is 5.32 Å². The molecule has 114 valence electrons. The molecule has 1 atom stereocenters.